The van der Waals surface area contributed by atoms with E-state index in [2.05, 4.69) is 113 Å². The van der Waals surface area contributed by atoms with Crippen LogP contribution in [0.15, 0.2) is 74.1 Å². The molecule has 1 nitrogen and oxygen atoms in total. The van der Waals surface area contributed by atoms with Gasteiger partial charge in [0, 0.05) is 35.0 Å². The lowest BCUT2D eigenvalue weighted by Crippen LogP contribution is -1.92. The minimum Gasteiger partial charge on any atom is -0.308 e. The van der Waals surface area contributed by atoms with E-state index in [0.29, 0.717) is 0 Å². The molecule has 0 amide bonds. The summed E-state index contributed by atoms with van der Waals surface area (Å²) in [5.41, 5.74) is 3.76. The maximum Gasteiger partial charge on any atom is 0.0620 e. The molecule has 4 heteroatoms. The van der Waals surface area contributed by atoms with E-state index in [1.807, 2.05) is 0 Å². The van der Waals surface area contributed by atoms with Crippen LogP contribution in [0, 0.1) is 0 Å². The van der Waals surface area contributed by atoms with Gasteiger partial charge in [0.15, 0.2) is 0 Å². The molecule has 0 spiro atoms. The molecule has 0 aliphatic carbocycles. The summed E-state index contributed by atoms with van der Waals surface area (Å²) in [5.74, 6) is 0. The highest BCUT2D eigenvalue weighted by Gasteiger charge is 2.18. The van der Waals surface area contributed by atoms with Gasteiger partial charge >= 0.3 is 0 Å². The van der Waals surface area contributed by atoms with E-state index in [4.69, 9.17) is 0 Å². The molecule has 0 saturated carbocycles. The fourth-order valence-corrected chi connectivity index (χ4v) is 5.58. The van der Waals surface area contributed by atoms with Gasteiger partial charge in [-0.1, -0.05) is 66.0 Å². The zero-order chi connectivity index (χ0) is 17.6. The molecule has 0 radical (unpaired) electrons. The largest absolute Gasteiger partial charge is 0.308 e. The number of benzene rings is 4. The Morgan fingerprint density at radius 2 is 1.35 bits per heavy atom. The average Bonchev–Trinajstić information content (AvgIpc) is 2.95. The Bertz CT molecular complexity index is 1510. The lowest BCUT2D eigenvalue weighted by Gasteiger charge is -2.14. The van der Waals surface area contributed by atoms with E-state index in [9.17, 15) is 0 Å². The first-order chi connectivity index (χ1) is 12.6. The zero-order valence-corrected chi connectivity index (χ0v) is 18.1. The van der Waals surface area contributed by atoms with Crippen LogP contribution in [-0.4, -0.2) is 4.40 Å². The van der Waals surface area contributed by atoms with Crippen molar-refractivity contribution < 1.29 is 0 Å². The summed E-state index contributed by atoms with van der Waals surface area (Å²) in [6.45, 7) is 0. The molecular weight excluding hydrogens is 518 g/mol. The van der Waals surface area contributed by atoms with E-state index in [1.54, 1.807) is 0 Å². The van der Waals surface area contributed by atoms with Crippen molar-refractivity contribution in [1.29, 1.82) is 0 Å². The number of fused-ring (bicyclic) bond motifs is 5. The number of hydrogen-bond donors (Lipinski definition) is 0. The Labute approximate surface area is 174 Å². The molecule has 0 N–H and O–H groups in total. The summed E-state index contributed by atoms with van der Waals surface area (Å²) in [5, 5.41) is 7.65. The topological polar surface area (TPSA) is 4.41 Å². The molecule has 0 saturated heterocycles. The highest BCUT2D eigenvalue weighted by molar-refractivity contribution is 9.11. The monoisotopic (exact) mass is 525 g/mol. The van der Waals surface area contributed by atoms with E-state index >= 15 is 0 Å². The van der Waals surface area contributed by atoms with Gasteiger partial charge < -0.3 is 4.40 Å². The summed E-state index contributed by atoms with van der Waals surface area (Å²) >= 11 is 11.1. The van der Waals surface area contributed by atoms with Crippen LogP contribution in [0.3, 0.4) is 0 Å². The second-order valence-electron chi connectivity index (χ2n) is 6.64. The first-order valence-electron chi connectivity index (χ1n) is 8.29. The Morgan fingerprint density at radius 3 is 2.19 bits per heavy atom. The van der Waals surface area contributed by atoms with Gasteiger partial charge in [-0.25, -0.2) is 0 Å². The SMILES string of the molecule is Brc1ccc2c(c1)c1cc(Br)cc3c4ccc(Br)c5cccc(c54)n2c31. The van der Waals surface area contributed by atoms with Gasteiger partial charge in [0.05, 0.1) is 16.6 Å². The molecule has 6 aromatic rings. The Kier molecular flexibility index (Phi) is 3.10. The summed E-state index contributed by atoms with van der Waals surface area (Å²) in [6, 6.07) is 22.0. The highest BCUT2D eigenvalue weighted by atomic mass is 79.9. The van der Waals surface area contributed by atoms with Gasteiger partial charge in [-0.15, -0.1) is 0 Å². The van der Waals surface area contributed by atoms with Crippen molar-refractivity contribution >= 4 is 96.7 Å². The fraction of sp³-hybridized carbons (Fsp3) is 0. The number of halogens is 3. The summed E-state index contributed by atoms with van der Waals surface area (Å²) in [7, 11) is 0. The molecular formula is C22H10Br3N. The molecule has 0 aliphatic rings. The summed E-state index contributed by atoms with van der Waals surface area (Å²) < 4.78 is 5.76. The second-order valence-corrected chi connectivity index (χ2v) is 9.33. The lowest BCUT2D eigenvalue weighted by atomic mass is 9.99. The van der Waals surface area contributed by atoms with Crippen molar-refractivity contribution in [3.05, 3.63) is 74.1 Å². The third-order valence-corrected chi connectivity index (χ3v) is 6.93. The van der Waals surface area contributed by atoms with Gasteiger partial charge in [0.25, 0.3) is 0 Å². The quantitative estimate of drug-likeness (QED) is 0.138. The maximum atomic E-state index is 3.74. The first kappa shape index (κ1) is 15.4. The third-order valence-electron chi connectivity index (χ3n) is 5.28. The molecule has 0 atom stereocenters. The number of hydrogen-bond acceptors (Lipinski definition) is 0. The lowest BCUT2D eigenvalue weighted by molar-refractivity contribution is 1.35. The van der Waals surface area contributed by atoms with Gasteiger partial charge in [0.1, 0.15) is 0 Å². The Hall–Kier alpha value is -1.62. The standard InChI is InChI=1S/C22H10Br3N/c23-11-4-7-19-15(8-11)17-10-12(24)9-16-13-5-6-18(25)14-2-1-3-20(21(13)14)26(19)22(16)17/h1-10H. The average molecular weight is 528 g/mol. The van der Waals surface area contributed by atoms with Gasteiger partial charge in [-0.2, -0.15) is 0 Å². The van der Waals surface area contributed by atoms with E-state index in [1.165, 1.54) is 48.9 Å². The highest BCUT2D eigenvalue weighted by Crippen LogP contribution is 2.43. The van der Waals surface area contributed by atoms with Crippen LogP contribution in [0.4, 0.5) is 0 Å². The van der Waals surface area contributed by atoms with Crippen molar-refractivity contribution in [3.63, 3.8) is 0 Å². The molecule has 0 aliphatic heterocycles. The first-order valence-corrected chi connectivity index (χ1v) is 10.7. The van der Waals surface area contributed by atoms with Crippen molar-refractivity contribution in [2.75, 3.05) is 0 Å². The van der Waals surface area contributed by atoms with Crippen LogP contribution in [-0.2, 0) is 0 Å². The minimum atomic E-state index is 1.10. The van der Waals surface area contributed by atoms with Crippen molar-refractivity contribution in [2.45, 2.75) is 0 Å². The molecule has 26 heavy (non-hydrogen) atoms. The third kappa shape index (κ3) is 1.85. The zero-order valence-electron chi connectivity index (χ0n) is 13.4. The second kappa shape index (κ2) is 5.22. The number of nitrogens with zero attached hydrogens (tertiary/aromatic N) is 1. The molecule has 2 heterocycles. The molecule has 0 bridgehead atoms. The number of aromatic nitrogens is 1. The summed E-state index contributed by atoms with van der Waals surface area (Å²) in [4.78, 5) is 0. The van der Waals surface area contributed by atoms with Crippen LogP contribution < -0.4 is 0 Å². The van der Waals surface area contributed by atoms with Crippen LogP contribution in [0.2, 0.25) is 0 Å². The van der Waals surface area contributed by atoms with E-state index < -0.39 is 0 Å². The summed E-state index contributed by atoms with van der Waals surface area (Å²) in [6.07, 6.45) is 0. The molecule has 124 valence electrons. The van der Waals surface area contributed by atoms with Crippen LogP contribution >= 0.6 is 47.8 Å². The van der Waals surface area contributed by atoms with E-state index in [-0.39, 0.29) is 0 Å². The fourth-order valence-electron chi connectivity index (χ4n) is 4.30. The smallest absolute Gasteiger partial charge is 0.0620 e. The van der Waals surface area contributed by atoms with Crippen LogP contribution in [0.5, 0.6) is 0 Å². The van der Waals surface area contributed by atoms with Crippen molar-refractivity contribution in [1.82, 2.24) is 4.40 Å². The molecule has 0 fully saturated rings. The number of rotatable bonds is 0. The van der Waals surface area contributed by atoms with Crippen LogP contribution in [0.25, 0.3) is 48.9 Å². The Balaban J connectivity index is 2.11. The minimum absolute atomic E-state index is 1.10. The molecule has 6 rings (SSSR count). The molecule has 4 aromatic carbocycles. The maximum absolute atomic E-state index is 3.74. The van der Waals surface area contributed by atoms with Crippen LogP contribution in [0.1, 0.15) is 0 Å². The predicted octanol–water partition coefficient (Wildman–Crippen LogP) is 8.28. The van der Waals surface area contributed by atoms with Gasteiger partial charge in [0.2, 0.25) is 0 Å². The van der Waals surface area contributed by atoms with Crippen molar-refractivity contribution in [2.24, 2.45) is 0 Å². The Morgan fingerprint density at radius 1 is 0.577 bits per heavy atom. The van der Waals surface area contributed by atoms with Crippen molar-refractivity contribution in [3.8, 4) is 0 Å². The van der Waals surface area contributed by atoms with E-state index in [0.717, 1.165) is 13.4 Å². The van der Waals surface area contributed by atoms with Gasteiger partial charge in [-0.3, -0.25) is 0 Å². The normalized spacial score (nSPS) is 12.4. The molecule has 2 aromatic heterocycles. The number of pyridine rings is 1. The predicted molar refractivity (Wildman–Crippen MR) is 122 cm³/mol. The van der Waals surface area contributed by atoms with Gasteiger partial charge in [-0.05, 0) is 53.2 Å². The molecule has 0 unspecified atom stereocenters.